The van der Waals surface area contributed by atoms with Crippen molar-refractivity contribution in [1.82, 2.24) is 10.6 Å². The molecule has 2 N–H and O–H groups in total. The van der Waals surface area contributed by atoms with Crippen LogP contribution in [0.3, 0.4) is 0 Å². The van der Waals surface area contributed by atoms with Gasteiger partial charge in [-0.25, -0.2) is 0 Å². The number of rotatable bonds is 9. The zero-order valence-electron chi connectivity index (χ0n) is 15.5. The second-order valence-electron chi connectivity index (χ2n) is 6.25. The van der Waals surface area contributed by atoms with Gasteiger partial charge in [-0.15, -0.1) is 0 Å². The lowest BCUT2D eigenvalue weighted by Crippen LogP contribution is -2.19. The Hall–Kier alpha value is -2.10. The molecule has 0 aromatic heterocycles. The molecule has 0 aromatic rings. The zero-order chi connectivity index (χ0) is 18.2. The van der Waals surface area contributed by atoms with E-state index in [9.17, 15) is 9.59 Å². The molecule has 0 aliphatic heterocycles. The van der Waals surface area contributed by atoms with E-state index in [1.807, 2.05) is 34.6 Å². The van der Waals surface area contributed by atoms with Crippen molar-refractivity contribution in [3.05, 3.63) is 46.6 Å². The van der Waals surface area contributed by atoms with E-state index in [0.717, 1.165) is 33.9 Å². The van der Waals surface area contributed by atoms with Crippen molar-refractivity contribution in [2.75, 3.05) is 0 Å². The first-order valence-corrected chi connectivity index (χ1v) is 7.75. The Morgan fingerprint density at radius 3 is 1.87 bits per heavy atom. The molecular formula is C19H30N2O2. The van der Waals surface area contributed by atoms with Gasteiger partial charge in [0.2, 0.25) is 0 Å². The van der Waals surface area contributed by atoms with E-state index < -0.39 is 0 Å². The minimum atomic E-state index is -0.0204. The van der Waals surface area contributed by atoms with Crippen LogP contribution in [0.4, 0.5) is 0 Å². The third-order valence-corrected chi connectivity index (χ3v) is 3.24. The van der Waals surface area contributed by atoms with Crippen LogP contribution in [-0.4, -0.2) is 11.6 Å². The van der Waals surface area contributed by atoms with Crippen LogP contribution < -0.4 is 10.6 Å². The molecule has 0 aromatic carbocycles. The molecule has 0 aliphatic rings. The minimum absolute atomic E-state index is 0.0204. The van der Waals surface area contributed by atoms with Gasteiger partial charge in [0.25, 0.3) is 0 Å². The number of ketones is 2. The van der Waals surface area contributed by atoms with E-state index in [2.05, 4.69) is 17.2 Å². The van der Waals surface area contributed by atoms with Crippen LogP contribution in [-0.2, 0) is 9.59 Å². The summed E-state index contributed by atoms with van der Waals surface area (Å²) in [7, 11) is 0. The molecule has 23 heavy (non-hydrogen) atoms. The fourth-order valence-electron chi connectivity index (χ4n) is 1.97. The first-order chi connectivity index (χ1) is 10.5. The molecule has 0 atom stereocenters. The first-order valence-electron chi connectivity index (χ1n) is 7.75. The highest BCUT2D eigenvalue weighted by molar-refractivity contribution is 5.88. The minimum Gasteiger partial charge on any atom is -0.363 e. The summed E-state index contributed by atoms with van der Waals surface area (Å²) in [4.78, 5) is 22.9. The summed E-state index contributed by atoms with van der Waals surface area (Å²) in [6.45, 7) is 16.7. The molecule has 0 fully saturated rings. The highest BCUT2D eigenvalue weighted by atomic mass is 16.1. The molecule has 4 heteroatoms. The Kier molecular flexibility index (Phi) is 8.93. The molecule has 0 rings (SSSR count). The van der Waals surface area contributed by atoms with Crippen molar-refractivity contribution in [3.63, 3.8) is 0 Å². The lowest BCUT2D eigenvalue weighted by Gasteiger charge is -2.18. The third kappa shape index (κ3) is 9.51. The van der Waals surface area contributed by atoms with E-state index in [-0.39, 0.29) is 11.6 Å². The molecule has 0 heterocycles. The van der Waals surface area contributed by atoms with Crippen molar-refractivity contribution in [2.45, 2.75) is 61.3 Å². The van der Waals surface area contributed by atoms with Gasteiger partial charge in [-0.3, -0.25) is 9.59 Å². The van der Waals surface area contributed by atoms with Crippen molar-refractivity contribution in [3.8, 4) is 0 Å². The molecular weight excluding hydrogens is 288 g/mol. The number of carbonyl (C=O) groups excluding carboxylic acids is 2. The molecule has 0 aliphatic carbocycles. The van der Waals surface area contributed by atoms with Gasteiger partial charge in [0, 0.05) is 41.7 Å². The Morgan fingerprint density at radius 1 is 0.913 bits per heavy atom. The highest BCUT2D eigenvalue weighted by Crippen LogP contribution is 2.17. The standard InChI is InChI=1S/C19H30N2O2/c1-12(2)17(8)21-18(10-16(7)23)11-19(20-13(3)4)14(5)9-15(6)22/h10,20-21H,3,9,11H2,1-2,4-8H3/b18-10+,19-14-. The van der Waals surface area contributed by atoms with Crippen LogP contribution >= 0.6 is 0 Å². The summed E-state index contributed by atoms with van der Waals surface area (Å²) < 4.78 is 0. The molecule has 0 bridgehead atoms. The Labute approximate surface area is 140 Å². The van der Waals surface area contributed by atoms with Gasteiger partial charge in [-0.05, 0) is 54.0 Å². The van der Waals surface area contributed by atoms with E-state index in [1.165, 1.54) is 6.92 Å². The SMILES string of the molecule is C=C(C)N/C(C/C(=C\C(C)=O)NC(C)=C(C)C)=C(/C)CC(C)=O. The Balaban J connectivity index is 5.60. The van der Waals surface area contributed by atoms with Crippen LogP contribution in [0.25, 0.3) is 0 Å². The molecule has 0 unspecified atom stereocenters. The Morgan fingerprint density at radius 2 is 1.48 bits per heavy atom. The number of allylic oxidation sites excluding steroid dienone is 5. The van der Waals surface area contributed by atoms with Crippen LogP contribution in [0.15, 0.2) is 46.6 Å². The summed E-state index contributed by atoms with van der Waals surface area (Å²) >= 11 is 0. The molecule has 0 amide bonds. The van der Waals surface area contributed by atoms with Crippen LogP contribution in [0.5, 0.6) is 0 Å². The number of Topliss-reactive ketones (excluding diaryl/α,β-unsaturated/α-hetero) is 1. The number of nitrogens with one attached hydrogen (secondary N) is 2. The van der Waals surface area contributed by atoms with E-state index in [1.54, 1.807) is 13.0 Å². The maximum absolute atomic E-state index is 11.5. The van der Waals surface area contributed by atoms with E-state index in [4.69, 9.17) is 0 Å². The molecule has 0 saturated heterocycles. The van der Waals surface area contributed by atoms with Gasteiger partial charge in [-0.2, -0.15) is 0 Å². The van der Waals surface area contributed by atoms with Gasteiger partial charge < -0.3 is 10.6 Å². The van der Waals surface area contributed by atoms with Crippen LogP contribution in [0.1, 0.15) is 61.3 Å². The monoisotopic (exact) mass is 318 g/mol. The predicted octanol–water partition coefficient (Wildman–Crippen LogP) is 4.13. The van der Waals surface area contributed by atoms with Crippen LogP contribution in [0.2, 0.25) is 0 Å². The smallest absolute Gasteiger partial charge is 0.154 e. The second kappa shape index (κ2) is 9.82. The quantitative estimate of drug-likeness (QED) is 0.628. The topological polar surface area (TPSA) is 58.2 Å². The summed E-state index contributed by atoms with van der Waals surface area (Å²) in [5, 5.41) is 6.51. The summed E-state index contributed by atoms with van der Waals surface area (Å²) in [5.74, 6) is 0.0852. The predicted molar refractivity (Wildman–Crippen MR) is 96.5 cm³/mol. The fraction of sp³-hybridized carbons (Fsp3) is 0.474. The number of hydrogen-bond donors (Lipinski definition) is 2. The molecule has 0 saturated carbocycles. The number of carbonyl (C=O) groups is 2. The average molecular weight is 318 g/mol. The molecule has 0 radical (unpaired) electrons. The van der Waals surface area contributed by atoms with Gasteiger partial charge in [0.15, 0.2) is 5.78 Å². The van der Waals surface area contributed by atoms with Crippen molar-refractivity contribution >= 4 is 11.6 Å². The van der Waals surface area contributed by atoms with E-state index >= 15 is 0 Å². The van der Waals surface area contributed by atoms with Gasteiger partial charge in [-0.1, -0.05) is 12.2 Å². The zero-order valence-corrected chi connectivity index (χ0v) is 15.5. The molecule has 0 spiro atoms. The highest BCUT2D eigenvalue weighted by Gasteiger charge is 2.10. The lowest BCUT2D eigenvalue weighted by molar-refractivity contribution is -0.116. The maximum atomic E-state index is 11.5. The number of hydrogen-bond acceptors (Lipinski definition) is 4. The summed E-state index contributed by atoms with van der Waals surface area (Å²) in [6, 6.07) is 0. The fourth-order valence-corrected chi connectivity index (χ4v) is 1.97. The Bertz CT molecular complexity index is 574. The van der Waals surface area contributed by atoms with Crippen molar-refractivity contribution in [1.29, 1.82) is 0 Å². The molecule has 4 nitrogen and oxygen atoms in total. The average Bonchev–Trinajstić information content (AvgIpc) is 2.35. The first kappa shape index (κ1) is 20.9. The van der Waals surface area contributed by atoms with E-state index in [0.29, 0.717) is 12.8 Å². The molecule has 128 valence electrons. The van der Waals surface area contributed by atoms with Gasteiger partial charge in [0.1, 0.15) is 5.78 Å². The summed E-state index contributed by atoms with van der Waals surface area (Å²) in [5.41, 5.74) is 5.60. The van der Waals surface area contributed by atoms with Gasteiger partial charge >= 0.3 is 0 Å². The second-order valence-corrected chi connectivity index (χ2v) is 6.25. The van der Waals surface area contributed by atoms with Crippen molar-refractivity contribution in [2.24, 2.45) is 0 Å². The maximum Gasteiger partial charge on any atom is 0.154 e. The normalized spacial score (nSPS) is 12.2. The van der Waals surface area contributed by atoms with Gasteiger partial charge in [0.05, 0.1) is 0 Å². The third-order valence-electron chi connectivity index (χ3n) is 3.24. The van der Waals surface area contributed by atoms with Crippen LogP contribution in [0, 0.1) is 0 Å². The van der Waals surface area contributed by atoms with Crippen molar-refractivity contribution < 1.29 is 9.59 Å². The largest absolute Gasteiger partial charge is 0.363 e. The lowest BCUT2D eigenvalue weighted by atomic mass is 10.0. The summed E-state index contributed by atoms with van der Waals surface area (Å²) in [6.07, 6.45) is 2.48.